The van der Waals surface area contributed by atoms with Crippen LogP contribution in [0.5, 0.6) is 0 Å². The normalized spacial score (nSPS) is 23.9. The van der Waals surface area contributed by atoms with E-state index in [4.69, 9.17) is 5.73 Å². The van der Waals surface area contributed by atoms with Gasteiger partial charge in [-0.25, -0.2) is 0 Å². The van der Waals surface area contributed by atoms with Crippen molar-refractivity contribution in [2.24, 2.45) is 13.0 Å². The third-order valence-electron chi connectivity index (χ3n) is 3.47. The van der Waals surface area contributed by atoms with Crippen LogP contribution in [0.15, 0.2) is 12.3 Å². The van der Waals surface area contributed by atoms with Gasteiger partial charge in [0.1, 0.15) is 5.69 Å². The van der Waals surface area contributed by atoms with Crippen LogP contribution in [0.4, 0.5) is 5.69 Å². The van der Waals surface area contributed by atoms with Crippen molar-refractivity contribution in [2.45, 2.75) is 25.3 Å². The first-order chi connectivity index (χ1) is 8.11. The molecular weight excluding hydrogens is 218 g/mol. The number of carbonyl (C=O) groups is 1. The number of aromatic nitrogens is 1. The standard InChI is InChI=1S/C12H19N3O2/c1-15-6-9(13)5-11(15)12(17)14-10-4-2-3-8(10)7-16/h5-6,8,10,16H,2-4,7,13H2,1H3,(H,14,17). The molecule has 0 bridgehead atoms. The highest BCUT2D eigenvalue weighted by molar-refractivity contribution is 5.94. The van der Waals surface area contributed by atoms with E-state index >= 15 is 0 Å². The minimum Gasteiger partial charge on any atom is -0.397 e. The van der Waals surface area contributed by atoms with Crippen molar-refractivity contribution in [2.75, 3.05) is 12.3 Å². The maximum atomic E-state index is 12.0. The van der Waals surface area contributed by atoms with Crippen LogP contribution in [-0.2, 0) is 7.05 Å². The second-order valence-corrected chi connectivity index (χ2v) is 4.72. The van der Waals surface area contributed by atoms with Gasteiger partial charge < -0.3 is 20.7 Å². The van der Waals surface area contributed by atoms with Gasteiger partial charge in [0.25, 0.3) is 5.91 Å². The summed E-state index contributed by atoms with van der Waals surface area (Å²) in [6.07, 6.45) is 4.70. The fourth-order valence-electron chi connectivity index (χ4n) is 2.50. The molecule has 0 aromatic carbocycles. The van der Waals surface area contributed by atoms with Gasteiger partial charge in [0.15, 0.2) is 0 Å². The monoisotopic (exact) mass is 237 g/mol. The zero-order valence-electron chi connectivity index (χ0n) is 10.0. The molecule has 0 aliphatic heterocycles. The number of carbonyl (C=O) groups excluding carboxylic acids is 1. The Bertz CT molecular complexity index is 414. The molecule has 2 atom stereocenters. The highest BCUT2D eigenvalue weighted by Crippen LogP contribution is 2.25. The molecule has 1 aliphatic rings. The highest BCUT2D eigenvalue weighted by atomic mass is 16.3. The van der Waals surface area contributed by atoms with Crippen LogP contribution >= 0.6 is 0 Å². The Hall–Kier alpha value is -1.49. The van der Waals surface area contributed by atoms with Gasteiger partial charge in [0, 0.05) is 31.8 Å². The molecular formula is C12H19N3O2. The van der Waals surface area contributed by atoms with Crippen LogP contribution in [0.3, 0.4) is 0 Å². The Balaban J connectivity index is 2.04. The van der Waals surface area contributed by atoms with Crippen molar-refractivity contribution in [1.82, 2.24) is 9.88 Å². The van der Waals surface area contributed by atoms with Crippen LogP contribution in [0, 0.1) is 5.92 Å². The van der Waals surface area contributed by atoms with Crippen molar-refractivity contribution in [3.05, 3.63) is 18.0 Å². The minimum absolute atomic E-state index is 0.0867. The molecule has 1 fully saturated rings. The number of amides is 1. The summed E-state index contributed by atoms with van der Waals surface area (Å²) in [6.45, 7) is 0.139. The first-order valence-electron chi connectivity index (χ1n) is 5.95. The van der Waals surface area contributed by atoms with Gasteiger partial charge in [0.05, 0.1) is 5.69 Å². The van der Waals surface area contributed by atoms with Crippen molar-refractivity contribution < 1.29 is 9.90 Å². The van der Waals surface area contributed by atoms with Crippen molar-refractivity contribution >= 4 is 11.6 Å². The molecule has 94 valence electrons. The van der Waals surface area contributed by atoms with E-state index < -0.39 is 0 Å². The van der Waals surface area contributed by atoms with Crippen molar-refractivity contribution in [3.8, 4) is 0 Å². The van der Waals surface area contributed by atoms with Gasteiger partial charge in [-0.2, -0.15) is 0 Å². The Morgan fingerprint density at radius 3 is 3.00 bits per heavy atom. The number of aryl methyl sites for hydroxylation is 1. The SMILES string of the molecule is Cn1cc(N)cc1C(=O)NC1CCCC1CO. The van der Waals surface area contributed by atoms with E-state index in [2.05, 4.69) is 5.32 Å². The topological polar surface area (TPSA) is 80.3 Å². The lowest BCUT2D eigenvalue weighted by atomic mass is 10.1. The van der Waals surface area contributed by atoms with E-state index in [0.717, 1.165) is 19.3 Å². The second-order valence-electron chi connectivity index (χ2n) is 4.72. The van der Waals surface area contributed by atoms with Crippen LogP contribution < -0.4 is 11.1 Å². The number of rotatable bonds is 3. The number of anilines is 1. The number of hydrogen-bond donors (Lipinski definition) is 3. The number of aliphatic hydroxyl groups excluding tert-OH is 1. The fraction of sp³-hybridized carbons (Fsp3) is 0.583. The smallest absolute Gasteiger partial charge is 0.268 e. The van der Waals surface area contributed by atoms with Crippen molar-refractivity contribution in [3.63, 3.8) is 0 Å². The van der Waals surface area contributed by atoms with E-state index in [-0.39, 0.29) is 24.5 Å². The summed E-state index contributed by atoms with van der Waals surface area (Å²) in [6, 6.07) is 1.75. The zero-order valence-corrected chi connectivity index (χ0v) is 10.0. The number of nitrogens with zero attached hydrogens (tertiary/aromatic N) is 1. The Labute approximate surface area is 101 Å². The van der Waals surface area contributed by atoms with E-state index in [0.29, 0.717) is 11.4 Å². The van der Waals surface area contributed by atoms with Gasteiger partial charge in [0.2, 0.25) is 0 Å². The summed E-state index contributed by atoms with van der Waals surface area (Å²) in [5, 5.41) is 12.2. The molecule has 1 aliphatic carbocycles. The molecule has 0 radical (unpaired) electrons. The second kappa shape index (κ2) is 4.79. The average Bonchev–Trinajstić information content (AvgIpc) is 2.84. The first kappa shape index (κ1) is 12.0. The van der Waals surface area contributed by atoms with E-state index in [1.54, 1.807) is 23.9 Å². The van der Waals surface area contributed by atoms with Gasteiger partial charge >= 0.3 is 0 Å². The van der Waals surface area contributed by atoms with Crippen LogP contribution in [0.25, 0.3) is 0 Å². The van der Waals surface area contributed by atoms with E-state index in [1.165, 1.54) is 0 Å². The van der Waals surface area contributed by atoms with Crippen LogP contribution in [0.2, 0.25) is 0 Å². The van der Waals surface area contributed by atoms with Crippen LogP contribution in [0.1, 0.15) is 29.8 Å². The molecule has 2 rings (SSSR count). The van der Waals surface area contributed by atoms with Crippen LogP contribution in [-0.4, -0.2) is 28.2 Å². The molecule has 1 saturated carbocycles. The lowest BCUT2D eigenvalue weighted by molar-refractivity contribution is 0.0908. The Morgan fingerprint density at radius 1 is 1.65 bits per heavy atom. The maximum Gasteiger partial charge on any atom is 0.268 e. The lowest BCUT2D eigenvalue weighted by Gasteiger charge is -2.19. The minimum atomic E-state index is -0.116. The van der Waals surface area contributed by atoms with Gasteiger partial charge in [-0.3, -0.25) is 4.79 Å². The first-order valence-corrected chi connectivity index (χ1v) is 5.95. The van der Waals surface area contributed by atoms with Gasteiger partial charge in [-0.05, 0) is 18.9 Å². The predicted octanol–water partition coefficient (Wildman–Crippen LogP) is 0.498. The summed E-state index contributed by atoms with van der Waals surface area (Å²) >= 11 is 0. The molecule has 5 nitrogen and oxygen atoms in total. The fourth-order valence-corrected chi connectivity index (χ4v) is 2.50. The largest absolute Gasteiger partial charge is 0.397 e. The molecule has 0 spiro atoms. The lowest BCUT2D eigenvalue weighted by Crippen LogP contribution is -2.39. The summed E-state index contributed by atoms with van der Waals surface area (Å²) in [5.74, 6) is 0.0751. The third-order valence-corrected chi connectivity index (χ3v) is 3.47. The summed E-state index contributed by atoms with van der Waals surface area (Å²) in [4.78, 5) is 12.0. The molecule has 5 heteroatoms. The highest BCUT2D eigenvalue weighted by Gasteiger charge is 2.28. The Morgan fingerprint density at radius 2 is 2.41 bits per heavy atom. The quantitative estimate of drug-likeness (QED) is 0.716. The third kappa shape index (κ3) is 2.44. The van der Waals surface area contributed by atoms with E-state index in [1.807, 2.05) is 0 Å². The zero-order chi connectivity index (χ0) is 12.4. The molecule has 4 N–H and O–H groups in total. The van der Waals surface area contributed by atoms with Gasteiger partial charge in [-0.1, -0.05) is 6.42 Å². The van der Waals surface area contributed by atoms with Gasteiger partial charge in [-0.15, -0.1) is 0 Å². The molecule has 0 saturated heterocycles. The molecule has 2 unspecified atom stereocenters. The summed E-state index contributed by atoms with van der Waals surface area (Å²) < 4.78 is 1.72. The molecule has 1 aromatic heterocycles. The number of nitrogen functional groups attached to an aromatic ring is 1. The number of nitrogens with one attached hydrogen (secondary N) is 1. The maximum absolute atomic E-state index is 12.0. The Kier molecular flexibility index (Phi) is 3.38. The number of hydrogen-bond acceptors (Lipinski definition) is 3. The molecule has 17 heavy (non-hydrogen) atoms. The van der Waals surface area contributed by atoms with E-state index in [9.17, 15) is 9.90 Å². The molecule has 1 aromatic rings. The average molecular weight is 237 g/mol. The number of nitrogens with two attached hydrogens (primary N) is 1. The predicted molar refractivity (Wildman–Crippen MR) is 65.5 cm³/mol. The summed E-state index contributed by atoms with van der Waals surface area (Å²) in [5.41, 5.74) is 6.79. The summed E-state index contributed by atoms with van der Waals surface area (Å²) in [7, 11) is 1.80. The molecule has 1 heterocycles. The van der Waals surface area contributed by atoms with Crippen molar-refractivity contribution in [1.29, 1.82) is 0 Å². The molecule has 1 amide bonds. The number of aliphatic hydroxyl groups is 1.